The van der Waals surface area contributed by atoms with E-state index >= 15 is 0 Å². The fourth-order valence-electron chi connectivity index (χ4n) is 3.35. The molecule has 11 heteroatoms. The molecule has 3 aromatic rings. The van der Waals surface area contributed by atoms with E-state index in [1.807, 2.05) is 12.1 Å². The summed E-state index contributed by atoms with van der Waals surface area (Å²) >= 11 is 0.577. The first-order valence-electron chi connectivity index (χ1n) is 9.56. The number of thiophene rings is 1. The number of hydrogen-bond acceptors (Lipinski definition) is 7. The summed E-state index contributed by atoms with van der Waals surface area (Å²) in [4.78, 5) is 33.0. The Labute approximate surface area is 184 Å². The molecule has 0 bridgehead atoms. The number of hydrogen-bond donors (Lipinski definition) is 0. The average Bonchev–Trinajstić information content (AvgIpc) is 3.25. The van der Waals surface area contributed by atoms with Gasteiger partial charge >= 0.3 is 11.9 Å². The van der Waals surface area contributed by atoms with Crippen molar-refractivity contribution in [1.29, 1.82) is 0 Å². The van der Waals surface area contributed by atoms with Crippen LogP contribution in [0.25, 0.3) is 5.57 Å². The Morgan fingerprint density at radius 3 is 2.66 bits per heavy atom. The van der Waals surface area contributed by atoms with Crippen LogP contribution in [0.3, 0.4) is 0 Å². The number of aromatic carboxylic acids is 1. The van der Waals surface area contributed by atoms with Crippen molar-refractivity contribution in [3.8, 4) is 0 Å². The first-order valence-corrected chi connectivity index (χ1v) is 10.4. The molecule has 0 radical (unpaired) electrons. The van der Waals surface area contributed by atoms with Crippen molar-refractivity contribution in [3.05, 3.63) is 80.2 Å². The summed E-state index contributed by atoms with van der Waals surface area (Å²) in [7, 11) is 0. The van der Waals surface area contributed by atoms with Gasteiger partial charge in [-0.15, -0.1) is 11.3 Å². The molecular weight excluding hydrogens is 445 g/mol. The van der Waals surface area contributed by atoms with E-state index in [0.717, 1.165) is 21.8 Å². The standard InChI is InChI=1S/C21H17F3N4O3S/c22-21(23,24)17-5-4-16(32-17)11-28-12-25-19(26-20(28)31)27-8-6-13(7-9-27)14-2-1-3-15(10-14)18(29)30/h1-6,10,12H,7-9,11H2,(H,29,30)/p-1. The van der Waals surface area contributed by atoms with Crippen LogP contribution in [-0.2, 0) is 12.7 Å². The molecule has 1 aromatic carbocycles. The molecule has 1 aliphatic rings. The van der Waals surface area contributed by atoms with E-state index in [4.69, 9.17) is 0 Å². The number of aromatic nitrogens is 3. The number of carbonyl (C=O) groups excluding carboxylic acids is 1. The van der Waals surface area contributed by atoms with Crippen molar-refractivity contribution in [2.24, 2.45) is 0 Å². The molecule has 0 saturated heterocycles. The van der Waals surface area contributed by atoms with Gasteiger partial charge in [0.05, 0.1) is 12.5 Å². The third-order valence-corrected chi connectivity index (χ3v) is 6.10. The third kappa shape index (κ3) is 4.72. The van der Waals surface area contributed by atoms with Gasteiger partial charge in [-0.05, 0) is 41.3 Å². The van der Waals surface area contributed by atoms with Gasteiger partial charge in [0.25, 0.3) is 0 Å². The van der Waals surface area contributed by atoms with Gasteiger partial charge in [-0.1, -0.05) is 24.3 Å². The maximum absolute atomic E-state index is 12.7. The summed E-state index contributed by atoms with van der Waals surface area (Å²) in [5, 5.41) is 11.1. The minimum absolute atomic E-state index is 0.0430. The molecule has 7 nitrogen and oxygen atoms in total. The topological polar surface area (TPSA) is 91.1 Å². The maximum atomic E-state index is 12.7. The van der Waals surface area contributed by atoms with Crippen molar-refractivity contribution >= 4 is 28.8 Å². The minimum Gasteiger partial charge on any atom is -0.545 e. The highest BCUT2D eigenvalue weighted by Crippen LogP contribution is 2.34. The number of carboxylic acid groups (broad SMARTS) is 1. The van der Waals surface area contributed by atoms with Gasteiger partial charge in [0.15, 0.2) is 0 Å². The second-order valence-corrected chi connectivity index (χ2v) is 8.29. The quantitative estimate of drug-likeness (QED) is 0.580. The molecule has 0 amide bonds. The Bertz CT molecular complexity index is 1250. The number of anilines is 1. The van der Waals surface area contributed by atoms with Crippen LogP contribution >= 0.6 is 11.3 Å². The van der Waals surface area contributed by atoms with Gasteiger partial charge in [-0.3, -0.25) is 4.57 Å². The third-order valence-electron chi connectivity index (χ3n) is 4.98. The number of halogens is 3. The largest absolute Gasteiger partial charge is 0.545 e. The smallest absolute Gasteiger partial charge is 0.425 e. The normalized spacial score (nSPS) is 14.3. The van der Waals surface area contributed by atoms with E-state index in [9.17, 15) is 27.9 Å². The van der Waals surface area contributed by atoms with Gasteiger partial charge in [0.1, 0.15) is 11.2 Å². The summed E-state index contributed by atoms with van der Waals surface area (Å²) in [6.45, 7) is 0.900. The molecule has 0 unspecified atom stereocenters. The Kier molecular flexibility index (Phi) is 5.83. The highest BCUT2D eigenvalue weighted by Gasteiger charge is 2.32. The zero-order valence-corrected chi connectivity index (χ0v) is 17.3. The first-order chi connectivity index (χ1) is 15.2. The van der Waals surface area contributed by atoms with E-state index < -0.39 is 22.7 Å². The zero-order valence-electron chi connectivity index (χ0n) is 16.5. The summed E-state index contributed by atoms with van der Waals surface area (Å²) in [6, 6.07) is 8.82. The lowest BCUT2D eigenvalue weighted by atomic mass is 9.98. The number of rotatable bonds is 5. The predicted octanol–water partition coefficient (Wildman–Crippen LogP) is 2.42. The summed E-state index contributed by atoms with van der Waals surface area (Å²) < 4.78 is 39.4. The fourth-order valence-corrected chi connectivity index (χ4v) is 4.23. The first kappa shape index (κ1) is 21.8. The maximum Gasteiger partial charge on any atom is 0.425 e. The monoisotopic (exact) mass is 461 g/mol. The van der Waals surface area contributed by atoms with Crippen LogP contribution < -0.4 is 15.7 Å². The van der Waals surface area contributed by atoms with E-state index in [0.29, 0.717) is 35.7 Å². The molecule has 0 N–H and O–H groups in total. The average molecular weight is 461 g/mol. The Hall–Kier alpha value is -3.47. The molecule has 0 spiro atoms. The van der Waals surface area contributed by atoms with Crippen molar-refractivity contribution < 1.29 is 23.1 Å². The zero-order chi connectivity index (χ0) is 22.9. The molecule has 32 heavy (non-hydrogen) atoms. The molecule has 166 valence electrons. The van der Waals surface area contributed by atoms with Crippen molar-refractivity contribution in [3.63, 3.8) is 0 Å². The molecule has 2 aromatic heterocycles. The van der Waals surface area contributed by atoms with E-state index in [-0.39, 0.29) is 18.1 Å². The predicted molar refractivity (Wildman–Crippen MR) is 110 cm³/mol. The van der Waals surface area contributed by atoms with Crippen LogP contribution in [0.1, 0.15) is 32.1 Å². The van der Waals surface area contributed by atoms with Gasteiger partial charge in [0, 0.05) is 18.0 Å². The van der Waals surface area contributed by atoms with E-state index in [1.54, 1.807) is 17.0 Å². The highest BCUT2D eigenvalue weighted by molar-refractivity contribution is 7.12. The molecule has 4 rings (SSSR count). The van der Waals surface area contributed by atoms with Gasteiger partial charge < -0.3 is 14.8 Å². The van der Waals surface area contributed by atoms with Crippen LogP contribution in [0.2, 0.25) is 0 Å². The van der Waals surface area contributed by atoms with Gasteiger partial charge in [-0.25, -0.2) is 9.78 Å². The number of nitrogens with zero attached hydrogens (tertiary/aromatic N) is 4. The number of alkyl halides is 3. The van der Waals surface area contributed by atoms with Crippen molar-refractivity contribution in [2.45, 2.75) is 19.1 Å². The minimum atomic E-state index is -4.42. The van der Waals surface area contributed by atoms with Crippen LogP contribution in [-0.4, -0.2) is 33.6 Å². The van der Waals surface area contributed by atoms with Crippen LogP contribution in [0.5, 0.6) is 0 Å². The second-order valence-electron chi connectivity index (χ2n) is 7.12. The SMILES string of the molecule is O=C([O-])c1cccc(C2=CCN(c3ncn(Cc4ccc(C(F)(F)F)s4)c(=O)n3)CC2)c1. The van der Waals surface area contributed by atoms with Crippen LogP contribution in [0.15, 0.2) is 53.6 Å². The summed E-state index contributed by atoms with van der Waals surface area (Å²) in [6.07, 6.45) is -0.629. The summed E-state index contributed by atoms with van der Waals surface area (Å²) in [5.41, 5.74) is 1.26. The summed E-state index contributed by atoms with van der Waals surface area (Å²) in [5.74, 6) is -1.01. The van der Waals surface area contributed by atoms with Gasteiger partial charge in [-0.2, -0.15) is 18.2 Å². The molecule has 0 aliphatic carbocycles. The molecule has 1 aliphatic heterocycles. The number of carbonyl (C=O) groups is 1. The lowest BCUT2D eigenvalue weighted by Crippen LogP contribution is -2.34. The van der Waals surface area contributed by atoms with Crippen molar-refractivity contribution in [1.82, 2.24) is 14.5 Å². The molecule has 0 saturated carbocycles. The Morgan fingerprint density at radius 2 is 2.03 bits per heavy atom. The lowest BCUT2D eigenvalue weighted by Gasteiger charge is -2.26. The molecule has 3 heterocycles. The van der Waals surface area contributed by atoms with Crippen molar-refractivity contribution in [2.75, 3.05) is 18.0 Å². The molecule has 0 fully saturated rings. The lowest BCUT2D eigenvalue weighted by molar-refractivity contribution is -0.255. The van der Waals surface area contributed by atoms with Crippen LogP contribution in [0.4, 0.5) is 19.1 Å². The molecule has 0 atom stereocenters. The van der Waals surface area contributed by atoms with Crippen LogP contribution in [0, 0.1) is 0 Å². The fraction of sp³-hybridized carbons (Fsp3) is 0.238. The second kappa shape index (κ2) is 8.58. The van der Waals surface area contributed by atoms with E-state index in [1.165, 1.54) is 18.5 Å². The van der Waals surface area contributed by atoms with Gasteiger partial charge in [0.2, 0.25) is 5.95 Å². The number of carboxylic acids is 1. The Balaban J connectivity index is 1.46. The number of benzene rings is 1. The Morgan fingerprint density at radius 1 is 1.22 bits per heavy atom. The highest BCUT2D eigenvalue weighted by atomic mass is 32.1. The van der Waals surface area contributed by atoms with E-state index in [2.05, 4.69) is 9.97 Å². The molecular formula is C21H16F3N4O3S-.